The Balaban J connectivity index is 1.42. The predicted molar refractivity (Wildman–Crippen MR) is 112 cm³/mol. The molecule has 0 radical (unpaired) electrons. The second-order valence-corrected chi connectivity index (χ2v) is 7.88. The number of amides is 2. The van der Waals surface area contributed by atoms with Gasteiger partial charge in [-0.15, -0.1) is 10.2 Å². The summed E-state index contributed by atoms with van der Waals surface area (Å²) in [6, 6.07) is 14.7. The molecule has 1 aliphatic heterocycles. The van der Waals surface area contributed by atoms with Crippen LogP contribution in [0.3, 0.4) is 0 Å². The number of aromatic nitrogens is 2. The molecule has 1 fully saturated rings. The van der Waals surface area contributed by atoms with Gasteiger partial charge in [0.25, 0.3) is 5.91 Å². The van der Waals surface area contributed by atoms with Crippen LogP contribution in [0.1, 0.15) is 33.3 Å². The van der Waals surface area contributed by atoms with Crippen molar-refractivity contribution in [1.29, 1.82) is 0 Å². The van der Waals surface area contributed by atoms with Crippen LogP contribution in [-0.4, -0.2) is 35.7 Å². The zero-order valence-electron chi connectivity index (χ0n) is 16.1. The van der Waals surface area contributed by atoms with E-state index >= 15 is 0 Å². The standard InChI is InChI=1S/C21H20N4O3S/c1-13-3-7-16(8-4-13)25-12-15(11-18(25)26)20-23-24-21(29-20)22-19(27)14-5-9-17(28-2)10-6-14/h3-10,15H,11-12H2,1-2H3,(H,22,24,27)/t15-/m1/s1. The van der Waals surface area contributed by atoms with Crippen LogP contribution in [0, 0.1) is 6.92 Å². The number of carbonyl (C=O) groups is 2. The predicted octanol–water partition coefficient (Wildman–Crippen LogP) is 3.63. The molecule has 148 valence electrons. The van der Waals surface area contributed by atoms with E-state index in [4.69, 9.17) is 4.74 Å². The number of methoxy groups -OCH3 is 1. The first-order chi connectivity index (χ1) is 14.0. The molecule has 2 heterocycles. The van der Waals surface area contributed by atoms with E-state index < -0.39 is 0 Å². The summed E-state index contributed by atoms with van der Waals surface area (Å²) in [5, 5.41) is 12.2. The molecular formula is C21H20N4O3S. The lowest BCUT2D eigenvalue weighted by Crippen LogP contribution is -2.24. The number of ether oxygens (including phenoxy) is 1. The summed E-state index contributed by atoms with van der Waals surface area (Å²) in [6.07, 6.45) is 0.384. The van der Waals surface area contributed by atoms with Crippen LogP contribution >= 0.6 is 11.3 Å². The van der Waals surface area contributed by atoms with Crippen molar-refractivity contribution in [3.63, 3.8) is 0 Å². The third-order valence-corrected chi connectivity index (χ3v) is 5.83. The Morgan fingerprint density at radius 1 is 1.14 bits per heavy atom. The number of nitrogens with one attached hydrogen (secondary N) is 1. The van der Waals surface area contributed by atoms with Gasteiger partial charge in [-0.3, -0.25) is 14.9 Å². The van der Waals surface area contributed by atoms with Gasteiger partial charge in [0.15, 0.2) is 0 Å². The highest BCUT2D eigenvalue weighted by Crippen LogP contribution is 2.34. The molecule has 0 unspecified atom stereocenters. The SMILES string of the molecule is COc1ccc(C(=O)Nc2nnc([C@@H]3CC(=O)N(c4ccc(C)cc4)C3)s2)cc1. The molecular weight excluding hydrogens is 388 g/mol. The van der Waals surface area contributed by atoms with Crippen molar-refractivity contribution < 1.29 is 14.3 Å². The summed E-state index contributed by atoms with van der Waals surface area (Å²) in [5.74, 6) is 0.453. The van der Waals surface area contributed by atoms with Crippen LogP contribution in [0.25, 0.3) is 0 Å². The monoisotopic (exact) mass is 408 g/mol. The van der Waals surface area contributed by atoms with Crippen molar-refractivity contribution in [1.82, 2.24) is 10.2 Å². The van der Waals surface area contributed by atoms with Gasteiger partial charge in [0.1, 0.15) is 10.8 Å². The van der Waals surface area contributed by atoms with Gasteiger partial charge in [0.2, 0.25) is 11.0 Å². The van der Waals surface area contributed by atoms with Gasteiger partial charge in [-0.05, 0) is 43.3 Å². The summed E-state index contributed by atoms with van der Waals surface area (Å²) in [5.41, 5.74) is 2.54. The summed E-state index contributed by atoms with van der Waals surface area (Å²) >= 11 is 1.30. The fraction of sp³-hybridized carbons (Fsp3) is 0.238. The fourth-order valence-electron chi connectivity index (χ4n) is 3.21. The number of anilines is 2. The molecule has 3 aromatic rings. The molecule has 29 heavy (non-hydrogen) atoms. The maximum absolute atomic E-state index is 12.5. The van der Waals surface area contributed by atoms with Crippen LogP contribution in [0.15, 0.2) is 48.5 Å². The van der Waals surface area contributed by atoms with Crippen molar-refractivity contribution >= 4 is 34.0 Å². The lowest BCUT2D eigenvalue weighted by Gasteiger charge is -2.16. The lowest BCUT2D eigenvalue weighted by molar-refractivity contribution is -0.117. The van der Waals surface area contributed by atoms with E-state index in [1.165, 1.54) is 11.3 Å². The second kappa shape index (κ2) is 8.00. The van der Waals surface area contributed by atoms with Gasteiger partial charge in [0, 0.05) is 30.1 Å². The van der Waals surface area contributed by atoms with E-state index in [1.54, 1.807) is 36.3 Å². The molecule has 2 aromatic carbocycles. The molecule has 1 N–H and O–H groups in total. The van der Waals surface area contributed by atoms with E-state index in [0.717, 1.165) is 16.3 Å². The number of rotatable bonds is 5. The number of nitrogens with zero attached hydrogens (tertiary/aromatic N) is 3. The zero-order valence-corrected chi connectivity index (χ0v) is 16.9. The lowest BCUT2D eigenvalue weighted by atomic mass is 10.1. The van der Waals surface area contributed by atoms with Gasteiger partial charge < -0.3 is 9.64 Å². The Hall–Kier alpha value is -3.26. The van der Waals surface area contributed by atoms with E-state index in [2.05, 4.69) is 15.5 Å². The third-order valence-electron chi connectivity index (χ3n) is 4.83. The van der Waals surface area contributed by atoms with Crippen molar-refractivity contribution in [2.24, 2.45) is 0 Å². The fourth-order valence-corrected chi connectivity index (χ4v) is 4.04. The largest absolute Gasteiger partial charge is 0.497 e. The first-order valence-electron chi connectivity index (χ1n) is 9.19. The molecule has 0 aliphatic carbocycles. The molecule has 7 nitrogen and oxygen atoms in total. The molecule has 0 spiro atoms. The first-order valence-corrected chi connectivity index (χ1v) is 10.0. The summed E-state index contributed by atoms with van der Waals surface area (Å²) in [7, 11) is 1.57. The minimum Gasteiger partial charge on any atom is -0.497 e. The quantitative estimate of drug-likeness (QED) is 0.697. The Morgan fingerprint density at radius 3 is 2.55 bits per heavy atom. The molecule has 4 rings (SSSR count). The first kappa shape index (κ1) is 19.1. The maximum atomic E-state index is 12.5. The normalized spacial score (nSPS) is 16.1. The Labute approximate surface area is 172 Å². The Morgan fingerprint density at radius 2 is 1.86 bits per heavy atom. The van der Waals surface area contributed by atoms with Crippen LogP contribution < -0.4 is 15.0 Å². The molecule has 2 amide bonds. The minimum atomic E-state index is -0.265. The third kappa shape index (κ3) is 4.12. The molecule has 1 aliphatic rings. The molecule has 1 aromatic heterocycles. The topological polar surface area (TPSA) is 84.4 Å². The van der Waals surface area contributed by atoms with Crippen molar-refractivity contribution in [2.75, 3.05) is 23.9 Å². The summed E-state index contributed by atoms with van der Waals surface area (Å²) < 4.78 is 5.10. The van der Waals surface area contributed by atoms with Gasteiger partial charge in [-0.2, -0.15) is 0 Å². The van der Waals surface area contributed by atoms with Crippen LogP contribution in [-0.2, 0) is 4.79 Å². The van der Waals surface area contributed by atoms with Crippen LogP contribution in [0.5, 0.6) is 5.75 Å². The van der Waals surface area contributed by atoms with Crippen LogP contribution in [0.4, 0.5) is 10.8 Å². The van der Waals surface area contributed by atoms with Crippen molar-refractivity contribution in [3.05, 3.63) is 64.7 Å². The molecule has 0 saturated carbocycles. The average Bonchev–Trinajstić information content (AvgIpc) is 3.35. The van der Waals surface area contributed by atoms with Gasteiger partial charge in [0.05, 0.1) is 7.11 Å². The molecule has 8 heteroatoms. The number of hydrogen-bond donors (Lipinski definition) is 1. The van der Waals surface area contributed by atoms with Crippen LogP contribution in [0.2, 0.25) is 0 Å². The zero-order chi connectivity index (χ0) is 20.4. The van der Waals surface area contributed by atoms with E-state index in [9.17, 15) is 9.59 Å². The highest BCUT2D eigenvalue weighted by molar-refractivity contribution is 7.15. The number of hydrogen-bond acceptors (Lipinski definition) is 6. The van der Waals surface area contributed by atoms with Gasteiger partial charge in [-0.25, -0.2) is 0 Å². The number of benzene rings is 2. The highest BCUT2D eigenvalue weighted by atomic mass is 32.1. The molecule has 0 bridgehead atoms. The van der Waals surface area contributed by atoms with Crippen molar-refractivity contribution in [2.45, 2.75) is 19.3 Å². The van der Waals surface area contributed by atoms with E-state index in [1.807, 2.05) is 31.2 Å². The summed E-state index contributed by atoms with van der Waals surface area (Å²) in [6.45, 7) is 2.57. The Bertz CT molecular complexity index is 1030. The minimum absolute atomic E-state index is 0.0343. The van der Waals surface area contributed by atoms with E-state index in [-0.39, 0.29) is 17.7 Å². The van der Waals surface area contributed by atoms with Crippen molar-refractivity contribution in [3.8, 4) is 5.75 Å². The van der Waals surface area contributed by atoms with Gasteiger partial charge in [-0.1, -0.05) is 29.0 Å². The Kier molecular flexibility index (Phi) is 5.26. The summed E-state index contributed by atoms with van der Waals surface area (Å²) in [4.78, 5) is 26.6. The average molecular weight is 408 g/mol. The number of carbonyl (C=O) groups excluding carboxylic acids is 2. The number of aryl methyl sites for hydroxylation is 1. The van der Waals surface area contributed by atoms with Gasteiger partial charge >= 0.3 is 0 Å². The smallest absolute Gasteiger partial charge is 0.257 e. The maximum Gasteiger partial charge on any atom is 0.257 e. The molecule has 1 saturated heterocycles. The second-order valence-electron chi connectivity index (χ2n) is 6.87. The van der Waals surface area contributed by atoms with E-state index in [0.29, 0.717) is 29.4 Å². The molecule has 1 atom stereocenters. The highest BCUT2D eigenvalue weighted by Gasteiger charge is 2.34.